The van der Waals surface area contributed by atoms with Gasteiger partial charge in [-0.05, 0) is 58.7 Å². The lowest BCUT2D eigenvalue weighted by molar-refractivity contribution is -0.0826. The molecule has 0 aromatic heterocycles. The summed E-state index contributed by atoms with van der Waals surface area (Å²) >= 11 is 0. The Morgan fingerprint density at radius 3 is 1.48 bits per heavy atom. The highest BCUT2D eigenvalue weighted by molar-refractivity contribution is 5.48. The summed E-state index contributed by atoms with van der Waals surface area (Å²) in [4.78, 5) is 0. The second-order valence-electron chi connectivity index (χ2n) is 9.86. The first-order chi connectivity index (χ1) is 20.7. The zero-order valence-corrected chi connectivity index (χ0v) is 24.0. The van der Waals surface area contributed by atoms with Crippen molar-refractivity contribution in [2.24, 2.45) is 0 Å². The van der Waals surface area contributed by atoms with Crippen molar-refractivity contribution in [1.82, 2.24) is 0 Å². The predicted molar refractivity (Wildman–Crippen MR) is 165 cm³/mol. The van der Waals surface area contributed by atoms with Crippen molar-refractivity contribution in [3.8, 4) is 17.2 Å². The average molecular weight is 561 g/mol. The van der Waals surface area contributed by atoms with Gasteiger partial charge in [-0.2, -0.15) is 0 Å². The van der Waals surface area contributed by atoms with Crippen LogP contribution in [0.25, 0.3) is 0 Å². The third-order valence-corrected chi connectivity index (χ3v) is 7.17. The molecular formula is C37H36O5. The van der Waals surface area contributed by atoms with Crippen LogP contribution in [0.3, 0.4) is 0 Å². The zero-order valence-electron chi connectivity index (χ0n) is 24.0. The van der Waals surface area contributed by atoms with Gasteiger partial charge in [0.15, 0.2) is 0 Å². The summed E-state index contributed by atoms with van der Waals surface area (Å²) in [6, 6.07) is 46.3. The SMILES string of the molecule is COc1ccc(OC[C@@H](COC(c2ccccc2)(c2ccccc2)c2ccc(OC)cc2)OCc2ccccc2)cc1. The zero-order chi connectivity index (χ0) is 29.0. The highest BCUT2D eigenvalue weighted by Crippen LogP contribution is 2.41. The van der Waals surface area contributed by atoms with Gasteiger partial charge in [0.05, 0.1) is 27.4 Å². The van der Waals surface area contributed by atoms with Gasteiger partial charge in [0.25, 0.3) is 0 Å². The standard InChI is InChI=1S/C37H36O5/c1-38-33-20-18-32(19-21-33)37(30-14-8-4-9-15-30,31-16-10-5-11-17-31)42-28-36(40-26-29-12-6-3-7-13-29)27-41-35-24-22-34(39-2)23-25-35/h3-25,36H,26-28H2,1-2H3/t36-/m0/s1. The lowest BCUT2D eigenvalue weighted by Gasteiger charge is -2.37. The molecule has 0 heterocycles. The molecule has 0 saturated heterocycles. The van der Waals surface area contributed by atoms with E-state index < -0.39 is 5.60 Å². The number of rotatable bonds is 14. The molecule has 42 heavy (non-hydrogen) atoms. The summed E-state index contributed by atoms with van der Waals surface area (Å²) < 4.78 is 30.5. The Labute approximate surface area is 248 Å². The van der Waals surface area contributed by atoms with Crippen LogP contribution in [0.15, 0.2) is 140 Å². The Balaban J connectivity index is 1.48. The van der Waals surface area contributed by atoms with E-state index in [2.05, 4.69) is 48.5 Å². The Morgan fingerprint density at radius 1 is 0.500 bits per heavy atom. The van der Waals surface area contributed by atoms with Crippen LogP contribution >= 0.6 is 0 Å². The highest BCUT2D eigenvalue weighted by atomic mass is 16.6. The average Bonchev–Trinajstić information content (AvgIpc) is 3.07. The van der Waals surface area contributed by atoms with E-state index in [0.29, 0.717) is 13.2 Å². The molecule has 0 radical (unpaired) electrons. The number of ether oxygens (including phenoxy) is 5. The van der Waals surface area contributed by atoms with Crippen LogP contribution in [-0.2, 0) is 21.7 Å². The molecule has 5 aromatic carbocycles. The minimum Gasteiger partial charge on any atom is -0.497 e. The normalized spacial score (nSPS) is 12.0. The molecule has 5 aromatic rings. The van der Waals surface area contributed by atoms with Crippen molar-refractivity contribution in [3.63, 3.8) is 0 Å². The quantitative estimate of drug-likeness (QED) is 0.130. The van der Waals surface area contributed by atoms with Gasteiger partial charge in [-0.25, -0.2) is 0 Å². The molecule has 5 heteroatoms. The molecule has 1 atom stereocenters. The van der Waals surface area contributed by atoms with Crippen LogP contribution < -0.4 is 14.2 Å². The van der Waals surface area contributed by atoms with E-state index in [-0.39, 0.29) is 12.7 Å². The summed E-state index contributed by atoms with van der Waals surface area (Å²) in [5.74, 6) is 2.29. The van der Waals surface area contributed by atoms with Gasteiger partial charge >= 0.3 is 0 Å². The van der Waals surface area contributed by atoms with Crippen LogP contribution in [-0.4, -0.2) is 33.5 Å². The number of methoxy groups -OCH3 is 2. The summed E-state index contributed by atoms with van der Waals surface area (Å²) in [5, 5.41) is 0. The molecule has 0 bridgehead atoms. The fraction of sp³-hybridized carbons (Fsp3) is 0.189. The van der Waals surface area contributed by atoms with Crippen molar-refractivity contribution in [2.75, 3.05) is 27.4 Å². The number of hydrogen-bond donors (Lipinski definition) is 0. The lowest BCUT2D eigenvalue weighted by atomic mass is 9.80. The highest BCUT2D eigenvalue weighted by Gasteiger charge is 2.38. The van der Waals surface area contributed by atoms with E-state index in [1.165, 1.54) is 0 Å². The fourth-order valence-electron chi connectivity index (χ4n) is 4.93. The van der Waals surface area contributed by atoms with E-state index in [4.69, 9.17) is 23.7 Å². The molecule has 5 nitrogen and oxygen atoms in total. The molecule has 0 amide bonds. The third kappa shape index (κ3) is 7.00. The Hall–Kier alpha value is -4.58. The van der Waals surface area contributed by atoms with Crippen LogP contribution in [0, 0.1) is 0 Å². The topological polar surface area (TPSA) is 46.2 Å². The maximum Gasteiger partial charge on any atom is 0.143 e. The van der Waals surface area contributed by atoms with Gasteiger partial charge in [-0.15, -0.1) is 0 Å². The van der Waals surface area contributed by atoms with Gasteiger partial charge in [0.1, 0.15) is 35.6 Å². The van der Waals surface area contributed by atoms with Crippen LogP contribution in [0.5, 0.6) is 17.2 Å². The largest absolute Gasteiger partial charge is 0.497 e. The summed E-state index contributed by atoms with van der Waals surface area (Å²) in [6.45, 7) is 1.02. The summed E-state index contributed by atoms with van der Waals surface area (Å²) in [5.41, 5.74) is 3.19. The molecule has 0 spiro atoms. The van der Waals surface area contributed by atoms with E-state index in [1.54, 1.807) is 14.2 Å². The first-order valence-electron chi connectivity index (χ1n) is 14.0. The first-order valence-corrected chi connectivity index (χ1v) is 14.0. The van der Waals surface area contributed by atoms with Crippen LogP contribution in [0.2, 0.25) is 0 Å². The second-order valence-corrected chi connectivity index (χ2v) is 9.86. The molecule has 0 fully saturated rings. The molecule has 0 aliphatic heterocycles. The maximum atomic E-state index is 7.07. The van der Waals surface area contributed by atoms with Gasteiger partial charge in [0.2, 0.25) is 0 Å². The smallest absolute Gasteiger partial charge is 0.143 e. The fourth-order valence-corrected chi connectivity index (χ4v) is 4.93. The van der Waals surface area contributed by atoms with Gasteiger partial charge < -0.3 is 23.7 Å². The Kier molecular flexibility index (Phi) is 9.89. The maximum absolute atomic E-state index is 7.07. The molecule has 0 N–H and O–H groups in total. The molecule has 0 saturated carbocycles. The van der Waals surface area contributed by atoms with Gasteiger partial charge in [-0.1, -0.05) is 103 Å². The van der Waals surface area contributed by atoms with E-state index in [9.17, 15) is 0 Å². The predicted octanol–water partition coefficient (Wildman–Crippen LogP) is 7.68. The molecular weight excluding hydrogens is 524 g/mol. The number of hydrogen-bond acceptors (Lipinski definition) is 5. The molecule has 0 aliphatic carbocycles. The third-order valence-electron chi connectivity index (χ3n) is 7.17. The molecule has 0 aliphatic rings. The minimum absolute atomic E-state index is 0.277. The minimum atomic E-state index is -0.900. The van der Waals surface area contributed by atoms with Crippen LogP contribution in [0.1, 0.15) is 22.3 Å². The van der Waals surface area contributed by atoms with Crippen molar-refractivity contribution in [2.45, 2.75) is 18.3 Å². The van der Waals surface area contributed by atoms with E-state index >= 15 is 0 Å². The Morgan fingerprint density at radius 2 is 0.952 bits per heavy atom. The summed E-state index contributed by atoms with van der Waals surface area (Å²) in [7, 11) is 3.32. The van der Waals surface area contributed by atoms with Crippen molar-refractivity contribution < 1.29 is 23.7 Å². The second kappa shape index (κ2) is 14.4. The van der Waals surface area contributed by atoms with Crippen molar-refractivity contribution >= 4 is 0 Å². The summed E-state index contributed by atoms with van der Waals surface area (Å²) in [6.07, 6.45) is -0.364. The Bertz CT molecular complexity index is 1430. The molecule has 0 unspecified atom stereocenters. The van der Waals surface area contributed by atoms with E-state index in [0.717, 1.165) is 39.5 Å². The van der Waals surface area contributed by atoms with E-state index in [1.807, 2.05) is 91.0 Å². The van der Waals surface area contributed by atoms with Gasteiger partial charge in [0, 0.05) is 0 Å². The first kappa shape index (κ1) is 28.9. The lowest BCUT2D eigenvalue weighted by Crippen LogP contribution is -2.38. The van der Waals surface area contributed by atoms with Crippen molar-refractivity contribution in [3.05, 3.63) is 162 Å². The monoisotopic (exact) mass is 560 g/mol. The number of benzene rings is 5. The van der Waals surface area contributed by atoms with Crippen molar-refractivity contribution in [1.29, 1.82) is 0 Å². The van der Waals surface area contributed by atoms with Gasteiger partial charge in [-0.3, -0.25) is 0 Å². The van der Waals surface area contributed by atoms with Crippen LogP contribution in [0.4, 0.5) is 0 Å². The molecule has 214 valence electrons. The molecule has 5 rings (SSSR count).